The van der Waals surface area contributed by atoms with Gasteiger partial charge in [0, 0.05) is 16.1 Å². The summed E-state index contributed by atoms with van der Waals surface area (Å²) in [4.78, 5) is 12.3. The molecule has 1 N–H and O–H groups in total. The third kappa shape index (κ3) is 3.21. The molecule has 0 atom stereocenters. The fourth-order valence-electron chi connectivity index (χ4n) is 2.80. The fraction of sp³-hybridized carbons (Fsp3) is 0.353. The Balaban J connectivity index is 1.80. The summed E-state index contributed by atoms with van der Waals surface area (Å²) in [5.74, 6) is 1.38. The van der Waals surface area contributed by atoms with Crippen molar-refractivity contribution in [2.24, 2.45) is 0 Å². The van der Waals surface area contributed by atoms with E-state index in [0.717, 1.165) is 28.6 Å². The van der Waals surface area contributed by atoms with Gasteiger partial charge in [-0.1, -0.05) is 40.9 Å². The van der Waals surface area contributed by atoms with Crippen molar-refractivity contribution in [3.8, 4) is 11.3 Å². The number of rotatable bonds is 3. The van der Waals surface area contributed by atoms with Crippen LogP contribution in [-0.2, 0) is 0 Å². The minimum Gasteiger partial charge on any atom is -0.461 e. The van der Waals surface area contributed by atoms with Gasteiger partial charge in [0.25, 0.3) is 5.91 Å². The fourth-order valence-corrected chi connectivity index (χ4v) is 3.06. The largest absolute Gasteiger partial charge is 0.461 e. The quantitative estimate of drug-likeness (QED) is 0.874. The molecular formula is C17H18BrNO2. The van der Waals surface area contributed by atoms with E-state index < -0.39 is 0 Å². The Bertz CT molecular complexity index is 639. The normalized spacial score (nSPS) is 15.3. The van der Waals surface area contributed by atoms with Gasteiger partial charge in [-0.05, 0) is 38.0 Å². The molecule has 3 nitrogen and oxygen atoms in total. The van der Waals surface area contributed by atoms with Crippen LogP contribution in [-0.4, -0.2) is 11.9 Å². The number of aryl methyl sites for hydroxylation is 1. The van der Waals surface area contributed by atoms with Crippen LogP contribution < -0.4 is 5.32 Å². The average molecular weight is 348 g/mol. The molecule has 1 aliphatic carbocycles. The lowest BCUT2D eigenvalue weighted by Crippen LogP contribution is -2.32. The van der Waals surface area contributed by atoms with Gasteiger partial charge < -0.3 is 9.73 Å². The van der Waals surface area contributed by atoms with E-state index in [4.69, 9.17) is 4.42 Å². The maximum Gasteiger partial charge on any atom is 0.255 e. The Labute approximate surface area is 132 Å². The number of furan rings is 1. The maximum absolute atomic E-state index is 12.3. The molecule has 2 aromatic rings. The summed E-state index contributed by atoms with van der Waals surface area (Å²) < 4.78 is 6.77. The first-order valence-electron chi connectivity index (χ1n) is 7.31. The van der Waals surface area contributed by atoms with Crippen LogP contribution in [0.2, 0.25) is 0 Å². The molecule has 0 bridgehead atoms. The number of carbonyl (C=O) groups excluding carboxylic acids is 1. The highest BCUT2D eigenvalue weighted by Gasteiger charge is 2.21. The van der Waals surface area contributed by atoms with Gasteiger partial charge in [-0.2, -0.15) is 0 Å². The molecule has 0 radical (unpaired) electrons. The first-order valence-corrected chi connectivity index (χ1v) is 8.10. The van der Waals surface area contributed by atoms with E-state index in [0.29, 0.717) is 17.4 Å². The number of hydrogen-bond donors (Lipinski definition) is 1. The van der Waals surface area contributed by atoms with Crippen molar-refractivity contribution in [3.05, 3.63) is 46.1 Å². The summed E-state index contributed by atoms with van der Waals surface area (Å²) in [6, 6.07) is 10.0. The average Bonchev–Trinajstić information content (AvgIpc) is 3.09. The van der Waals surface area contributed by atoms with Crippen molar-refractivity contribution in [1.82, 2.24) is 5.32 Å². The van der Waals surface area contributed by atoms with Crippen molar-refractivity contribution >= 4 is 21.8 Å². The van der Waals surface area contributed by atoms with Crippen LogP contribution in [0, 0.1) is 6.92 Å². The zero-order chi connectivity index (χ0) is 14.8. The number of amides is 1. The zero-order valence-corrected chi connectivity index (χ0v) is 13.6. The Morgan fingerprint density at radius 2 is 1.90 bits per heavy atom. The number of nitrogens with one attached hydrogen (secondary N) is 1. The highest BCUT2D eigenvalue weighted by Crippen LogP contribution is 2.27. The number of carbonyl (C=O) groups is 1. The molecule has 1 amide bonds. The Kier molecular flexibility index (Phi) is 4.15. The molecule has 21 heavy (non-hydrogen) atoms. The van der Waals surface area contributed by atoms with Gasteiger partial charge >= 0.3 is 0 Å². The van der Waals surface area contributed by atoms with E-state index in [9.17, 15) is 4.79 Å². The summed E-state index contributed by atoms with van der Waals surface area (Å²) in [5.41, 5.74) is 1.61. The summed E-state index contributed by atoms with van der Waals surface area (Å²) >= 11 is 3.42. The van der Waals surface area contributed by atoms with Gasteiger partial charge in [-0.25, -0.2) is 0 Å². The van der Waals surface area contributed by atoms with Gasteiger partial charge in [0.15, 0.2) is 0 Å². The van der Waals surface area contributed by atoms with E-state index in [2.05, 4.69) is 21.2 Å². The molecule has 1 aliphatic rings. The van der Waals surface area contributed by atoms with Crippen LogP contribution in [0.15, 0.2) is 39.2 Å². The first kappa shape index (κ1) is 14.4. The molecular weight excluding hydrogens is 330 g/mol. The molecule has 0 aliphatic heterocycles. The van der Waals surface area contributed by atoms with Gasteiger partial charge in [0.05, 0.1) is 5.56 Å². The highest BCUT2D eigenvalue weighted by molar-refractivity contribution is 9.10. The number of hydrogen-bond acceptors (Lipinski definition) is 2. The molecule has 1 aromatic carbocycles. The molecule has 110 valence electrons. The Hall–Kier alpha value is -1.55. The van der Waals surface area contributed by atoms with Crippen LogP contribution in [0.5, 0.6) is 0 Å². The van der Waals surface area contributed by atoms with Crippen molar-refractivity contribution in [1.29, 1.82) is 0 Å². The van der Waals surface area contributed by atoms with E-state index >= 15 is 0 Å². The molecule has 1 fully saturated rings. The van der Waals surface area contributed by atoms with E-state index in [1.54, 1.807) is 0 Å². The first-order chi connectivity index (χ1) is 10.1. The minimum atomic E-state index is -0.0217. The monoisotopic (exact) mass is 347 g/mol. The van der Waals surface area contributed by atoms with Crippen LogP contribution in [0.4, 0.5) is 0 Å². The molecule has 1 saturated carbocycles. The Morgan fingerprint density at radius 1 is 1.24 bits per heavy atom. The molecule has 1 heterocycles. The van der Waals surface area contributed by atoms with E-state index in [1.165, 1.54) is 12.8 Å². The molecule has 0 unspecified atom stereocenters. The molecule has 3 rings (SSSR count). The number of benzene rings is 1. The second kappa shape index (κ2) is 6.06. The second-order valence-electron chi connectivity index (χ2n) is 5.54. The van der Waals surface area contributed by atoms with Gasteiger partial charge in [-0.15, -0.1) is 0 Å². The topological polar surface area (TPSA) is 42.2 Å². The minimum absolute atomic E-state index is 0.0217. The third-order valence-electron chi connectivity index (χ3n) is 3.98. The van der Waals surface area contributed by atoms with Gasteiger partial charge in [0.1, 0.15) is 11.5 Å². The van der Waals surface area contributed by atoms with Gasteiger partial charge in [-0.3, -0.25) is 4.79 Å². The summed E-state index contributed by atoms with van der Waals surface area (Å²) in [6.07, 6.45) is 4.59. The lowest BCUT2D eigenvalue weighted by Gasteiger charge is -2.10. The zero-order valence-electron chi connectivity index (χ0n) is 12.0. The second-order valence-corrected chi connectivity index (χ2v) is 6.46. The van der Waals surface area contributed by atoms with Crippen molar-refractivity contribution in [2.45, 2.75) is 38.6 Å². The van der Waals surface area contributed by atoms with Crippen LogP contribution in [0.3, 0.4) is 0 Å². The predicted molar refractivity (Wildman–Crippen MR) is 86.3 cm³/mol. The van der Waals surface area contributed by atoms with Crippen LogP contribution in [0.1, 0.15) is 41.8 Å². The lowest BCUT2D eigenvalue weighted by atomic mass is 10.1. The maximum atomic E-state index is 12.3. The third-order valence-corrected chi connectivity index (χ3v) is 4.51. The predicted octanol–water partition coefficient (Wildman–Crippen LogP) is 4.69. The molecule has 4 heteroatoms. The van der Waals surface area contributed by atoms with Gasteiger partial charge in [0.2, 0.25) is 0 Å². The van der Waals surface area contributed by atoms with Crippen LogP contribution >= 0.6 is 15.9 Å². The van der Waals surface area contributed by atoms with E-state index in [-0.39, 0.29) is 5.91 Å². The summed E-state index contributed by atoms with van der Waals surface area (Å²) in [5, 5.41) is 3.10. The van der Waals surface area contributed by atoms with Crippen molar-refractivity contribution in [3.63, 3.8) is 0 Å². The molecule has 1 aromatic heterocycles. The van der Waals surface area contributed by atoms with Crippen molar-refractivity contribution in [2.75, 3.05) is 0 Å². The molecule has 0 spiro atoms. The van der Waals surface area contributed by atoms with E-state index in [1.807, 2.05) is 37.3 Å². The van der Waals surface area contributed by atoms with Crippen molar-refractivity contribution < 1.29 is 9.21 Å². The Morgan fingerprint density at radius 3 is 2.57 bits per heavy atom. The highest BCUT2D eigenvalue weighted by atomic mass is 79.9. The number of halogens is 1. The summed E-state index contributed by atoms with van der Waals surface area (Å²) in [6.45, 7) is 1.84. The standard InChI is InChI=1S/C17H18BrNO2/c1-11-15(17(20)19-14-4-2-3-5-14)10-16(21-11)12-6-8-13(18)9-7-12/h6-10,14H,2-5H2,1H3,(H,19,20). The smallest absolute Gasteiger partial charge is 0.255 e. The van der Waals surface area contributed by atoms with Crippen LogP contribution in [0.25, 0.3) is 11.3 Å². The molecule has 0 saturated heterocycles. The summed E-state index contributed by atoms with van der Waals surface area (Å²) in [7, 11) is 0. The SMILES string of the molecule is Cc1oc(-c2ccc(Br)cc2)cc1C(=O)NC1CCCC1. The lowest BCUT2D eigenvalue weighted by molar-refractivity contribution is 0.0936.